The Bertz CT molecular complexity index is 671. The first-order valence-electron chi connectivity index (χ1n) is 9.53. The molecule has 8 heteroatoms. The number of hydrogen-bond donors (Lipinski definition) is 1. The summed E-state index contributed by atoms with van der Waals surface area (Å²) in [5.74, 6) is -0.130. The van der Waals surface area contributed by atoms with E-state index in [0.717, 1.165) is 11.3 Å². The first-order chi connectivity index (χ1) is 13.5. The van der Waals surface area contributed by atoms with E-state index in [9.17, 15) is 14.4 Å². The van der Waals surface area contributed by atoms with Crippen molar-refractivity contribution in [3.05, 3.63) is 35.9 Å². The fraction of sp³-hybridized carbons (Fsp3) is 0.550. The first-order valence-corrected chi connectivity index (χ1v) is 10.9. The molecular weight excluding hydrogens is 378 g/mol. The van der Waals surface area contributed by atoms with Gasteiger partial charge in [-0.05, 0) is 30.9 Å². The van der Waals surface area contributed by atoms with Crippen molar-refractivity contribution in [2.75, 3.05) is 38.2 Å². The molecule has 2 rings (SSSR count). The summed E-state index contributed by atoms with van der Waals surface area (Å²) >= 11 is 1.61. The van der Waals surface area contributed by atoms with E-state index in [2.05, 4.69) is 0 Å². The number of thioether (sulfide) groups is 1. The van der Waals surface area contributed by atoms with Crippen LogP contribution in [0.3, 0.4) is 0 Å². The van der Waals surface area contributed by atoms with Gasteiger partial charge in [-0.3, -0.25) is 9.59 Å². The molecule has 1 fully saturated rings. The molecule has 0 unspecified atom stereocenters. The van der Waals surface area contributed by atoms with Crippen molar-refractivity contribution in [3.8, 4) is 0 Å². The van der Waals surface area contributed by atoms with E-state index in [4.69, 9.17) is 10.5 Å². The normalized spacial score (nSPS) is 18.1. The largest absolute Gasteiger partial charge is 0.464 e. The van der Waals surface area contributed by atoms with Crippen LogP contribution in [0.25, 0.3) is 0 Å². The Morgan fingerprint density at radius 2 is 2.00 bits per heavy atom. The molecule has 2 amide bonds. The maximum absolute atomic E-state index is 13.3. The van der Waals surface area contributed by atoms with Crippen LogP contribution in [0.5, 0.6) is 0 Å². The first kappa shape index (κ1) is 22.2. The van der Waals surface area contributed by atoms with Gasteiger partial charge in [0.1, 0.15) is 12.1 Å². The molecule has 1 heterocycles. The van der Waals surface area contributed by atoms with E-state index in [1.54, 1.807) is 28.5 Å². The van der Waals surface area contributed by atoms with Gasteiger partial charge in [0.2, 0.25) is 11.8 Å². The van der Waals surface area contributed by atoms with Crippen LogP contribution in [0.15, 0.2) is 30.3 Å². The number of nitrogens with zero attached hydrogens (tertiary/aromatic N) is 2. The van der Waals surface area contributed by atoms with Crippen molar-refractivity contribution in [2.45, 2.75) is 31.8 Å². The fourth-order valence-corrected chi connectivity index (χ4v) is 3.90. The molecule has 1 aromatic rings. The van der Waals surface area contributed by atoms with E-state index >= 15 is 0 Å². The van der Waals surface area contributed by atoms with E-state index < -0.39 is 18.1 Å². The standard InChI is InChI=1S/C20H29N3O4S/c1-3-27-20(26)17(13-15-7-5-4-6-8-15)23-11-10-22(18(24)14-21)16(19(23)25)9-12-28-2/h4-8,16-17H,3,9-14,21H2,1-2H3/t16-,17+/m1/s1. The molecule has 1 aliphatic rings. The van der Waals surface area contributed by atoms with Gasteiger partial charge in [-0.2, -0.15) is 11.8 Å². The van der Waals surface area contributed by atoms with Gasteiger partial charge in [0, 0.05) is 19.5 Å². The van der Waals surface area contributed by atoms with Crippen LogP contribution in [0.2, 0.25) is 0 Å². The van der Waals surface area contributed by atoms with Crippen LogP contribution >= 0.6 is 11.8 Å². The second kappa shape index (κ2) is 11.1. The Morgan fingerprint density at radius 1 is 1.29 bits per heavy atom. The summed E-state index contributed by atoms with van der Waals surface area (Å²) in [6, 6.07) is 8.26. The number of nitrogens with two attached hydrogens (primary N) is 1. The maximum Gasteiger partial charge on any atom is 0.329 e. The summed E-state index contributed by atoms with van der Waals surface area (Å²) in [4.78, 5) is 41.3. The molecule has 7 nitrogen and oxygen atoms in total. The Morgan fingerprint density at radius 3 is 2.61 bits per heavy atom. The van der Waals surface area contributed by atoms with Gasteiger partial charge in [0.25, 0.3) is 0 Å². The second-order valence-electron chi connectivity index (χ2n) is 6.58. The third kappa shape index (κ3) is 5.48. The number of benzene rings is 1. The van der Waals surface area contributed by atoms with E-state index in [0.29, 0.717) is 19.4 Å². The summed E-state index contributed by atoms with van der Waals surface area (Å²) in [7, 11) is 0. The third-order valence-electron chi connectivity index (χ3n) is 4.82. The molecule has 0 saturated carbocycles. The lowest BCUT2D eigenvalue weighted by Gasteiger charge is -2.43. The minimum atomic E-state index is -0.707. The highest BCUT2D eigenvalue weighted by Gasteiger charge is 2.41. The monoisotopic (exact) mass is 407 g/mol. The average molecular weight is 408 g/mol. The number of amides is 2. The highest BCUT2D eigenvalue weighted by atomic mass is 32.2. The Kier molecular flexibility index (Phi) is 8.79. The zero-order valence-corrected chi connectivity index (χ0v) is 17.3. The average Bonchev–Trinajstić information content (AvgIpc) is 2.71. The highest BCUT2D eigenvalue weighted by Crippen LogP contribution is 2.21. The zero-order chi connectivity index (χ0) is 20.5. The minimum absolute atomic E-state index is 0.131. The van der Waals surface area contributed by atoms with E-state index in [1.807, 2.05) is 36.6 Å². The second-order valence-corrected chi connectivity index (χ2v) is 7.56. The van der Waals surface area contributed by atoms with Crippen LogP contribution < -0.4 is 5.73 Å². The van der Waals surface area contributed by atoms with Gasteiger partial charge in [0.05, 0.1) is 13.2 Å². The molecular formula is C20H29N3O4S. The smallest absolute Gasteiger partial charge is 0.329 e. The molecule has 1 aromatic carbocycles. The van der Waals surface area contributed by atoms with Crippen molar-refractivity contribution < 1.29 is 19.1 Å². The van der Waals surface area contributed by atoms with Crippen LogP contribution in [0, 0.1) is 0 Å². The van der Waals surface area contributed by atoms with Crippen molar-refractivity contribution in [1.29, 1.82) is 0 Å². The van der Waals surface area contributed by atoms with Gasteiger partial charge >= 0.3 is 5.97 Å². The molecule has 0 aromatic heterocycles. The molecule has 2 N–H and O–H groups in total. The fourth-order valence-electron chi connectivity index (χ4n) is 3.44. The number of rotatable bonds is 9. The van der Waals surface area contributed by atoms with Crippen LogP contribution in [-0.4, -0.2) is 77.9 Å². The molecule has 28 heavy (non-hydrogen) atoms. The SMILES string of the molecule is CCOC(=O)[C@H](Cc1ccccc1)N1CCN(C(=O)CN)[C@H](CCSC)C1=O. The zero-order valence-electron chi connectivity index (χ0n) is 16.5. The summed E-state index contributed by atoms with van der Waals surface area (Å²) in [5, 5.41) is 0. The number of ether oxygens (including phenoxy) is 1. The van der Waals surface area contributed by atoms with Gasteiger partial charge < -0.3 is 20.3 Å². The summed E-state index contributed by atoms with van der Waals surface area (Å²) < 4.78 is 5.25. The number of carbonyl (C=O) groups excluding carboxylic acids is 3. The highest BCUT2D eigenvalue weighted by molar-refractivity contribution is 7.98. The molecule has 154 valence electrons. The van der Waals surface area contributed by atoms with Crippen molar-refractivity contribution in [2.24, 2.45) is 5.73 Å². The predicted molar refractivity (Wildman–Crippen MR) is 110 cm³/mol. The van der Waals surface area contributed by atoms with Crippen LogP contribution in [0.4, 0.5) is 0 Å². The molecule has 0 radical (unpaired) electrons. The Labute approximate surface area is 170 Å². The molecule has 1 aliphatic heterocycles. The number of carbonyl (C=O) groups is 3. The van der Waals surface area contributed by atoms with E-state index in [-0.39, 0.29) is 31.5 Å². The Hall–Kier alpha value is -2.06. The van der Waals surface area contributed by atoms with Crippen molar-refractivity contribution in [3.63, 3.8) is 0 Å². The number of esters is 1. The quantitative estimate of drug-likeness (QED) is 0.612. The Balaban J connectivity index is 2.27. The van der Waals surface area contributed by atoms with Gasteiger partial charge in [-0.25, -0.2) is 4.79 Å². The number of hydrogen-bond acceptors (Lipinski definition) is 6. The third-order valence-corrected chi connectivity index (χ3v) is 5.47. The van der Waals surface area contributed by atoms with Crippen molar-refractivity contribution >= 4 is 29.5 Å². The minimum Gasteiger partial charge on any atom is -0.464 e. The molecule has 1 saturated heterocycles. The number of piperazine rings is 1. The molecule has 0 aliphatic carbocycles. The summed E-state index contributed by atoms with van der Waals surface area (Å²) in [6.07, 6.45) is 2.87. The lowest BCUT2D eigenvalue weighted by molar-refractivity contribution is -0.162. The molecule has 2 atom stereocenters. The van der Waals surface area contributed by atoms with E-state index in [1.165, 1.54) is 0 Å². The van der Waals surface area contributed by atoms with Crippen LogP contribution in [0.1, 0.15) is 18.9 Å². The van der Waals surface area contributed by atoms with Crippen LogP contribution in [-0.2, 0) is 25.5 Å². The maximum atomic E-state index is 13.3. The van der Waals surface area contributed by atoms with Gasteiger partial charge in [-0.15, -0.1) is 0 Å². The molecule has 0 bridgehead atoms. The van der Waals surface area contributed by atoms with Gasteiger partial charge in [0.15, 0.2) is 0 Å². The summed E-state index contributed by atoms with van der Waals surface area (Å²) in [5.41, 5.74) is 6.48. The predicted octanol–water partition coefficient (Wildman–Crippen LogP) is 0.912. The lowest BCUT2D eigenvalue weighted by atomic mass is 10.0. The topological polar surface area (TPSA) is 92.9 Å². The van der Waals surface area contributed by atoms with Gasteiger partial charge in [-0.1, -0.05) is 30.3 Å². The lowest BCUT2D eigenvalue weighted by Crippen LogP contribution is -2.63. The molecule has 0 spiro atoms. The van der Waals surface area contributed by atoms with Crippen molar-refractivity contribution in [1.82, 2.24) is 9.80 Å². The summed E-state index contributed by atoms with van der Waals surface area (Å²) in [6.45, 7) is 2.52.